The van der Waals surface area contributed by atoms with Crippen molar-refractivity contribution in [3.63, 3.8) is 0 Å². The summed E-state index contributed by atoms with van der Waals surface area (Å²) in [5.41, 5.74) is 0.593. The maximum atomic E-state index is 13.8. The third-order valence-electron chi connectivity index (χ3n) is 3.29. The lowest BCUT2D eigenvalue weighted by Gasteiger charge is -2.27. The monoisotopic (exact) mass is 274 g/mol. The fraction of sp³-hybridized carbons (Fsp3) is 0.200. The Hall–Kier alpha value is -2.43. The van der Waals surface area contributed by atoms with Crippen LogP contribution in [0.3, 0.4) is 0 Å². The minimum Gasteiger partial charge on any atom is -0.478 e. The maximum Gasteiger partial charge on any atom is 0.339 e. The quantitative estimate of drug-likeness (QED) is 0.930. The number of pyridine rings is 1. The van der Waals surface area contributed by atoms with Gasteiger partial charge in [0, 0.05) is 18.8 Å². The topological polar surface area (TPSA) is 53.4 Å². The number of carboxylic acids is 1. The molecule has 1 aromatic heterocycles. The molecule has 0 bridgehead atoms. The van der Waals surface area contributed by atoms with Crippen LogP contribution in [-0.2, 0) is 0 Å². The van der Waals surface area contributed by atoms with Gasteiger partial charge in [-0.1, -0.05) is 18.2 Å². The molecule has 1 unspecified atom stereocenters. The van der Waals surface area contributed by atoms with Gasteiger partial charge >= 0.3 is 5.97 Å². The molecular formula is C15H15FN2O2. The van der Waals surface area contributed by atoms with Crippen LogP contribution < -0.4 is 4.90 Å². The van der Waals surface area contributed by atoms with Crippen molar-refractivity contribution < 1.29 is 14.3 Å². The van der Waals surface area contributed by atoms with Gasteiger partial charge in [-0.25, -0.2) is 14.2 Å². The predicted molar refractivity (Wildman–Crippen MR) is 74.4 cm³/mol. The fourth-order valence-corrected chi connectivity index (χ4v) is 2.05. The van der Waals surface area contributed by atoms with E-state index < -0.39 is 5.97 Å². The molecular weight excluding hydrogens is 259 g/mol. The molecule has 1 atom stereocenters. The van der Waals surface area contributed by atoms with Crippen LogP contribution in [0.1, 0.15) is 28.9 Å². The number of hydrogen-bond donors (Lipinski definition) is 1. The second kappa shape index (κ2) is 5.69. The van der Waals surface area contributed by atoms with Gasteiger partial charge in [0.15, 0.2) is 0 Å². The lowest BCUT2D eigenvalue weighted by molar-refractivity contribution is 0.0697. The molecule has 0 saturated carbocycles. The van der Waals surface area contributed by atoms with Crippen LogP contribution in [0.4, 0.5) is 10.2 Å². The zero-order valence-corrected chi connectivity index (χ0v) is 11.2. The van der Waals surface area contributed by atoms with E-state index in [1.165, 1.54) is 18.3 Å². The summed E-state index contributed by atoms with van der Waals surface area (Å²) in [5.74, 6) is -1.06. The van der Waals surface area contributed by atoms with Gasteiger partial charge in [0.05, 0.1) is 6.04 Å². The Morgan fingerprint density at radius 3 is 2.65 bits per heavy atom. The zero-order chi connectivity index (χ0) is 14.7. The van der Waals surface area contributed by atoms with E-state index in [9.17, 15) is 14.3 Å². The van der Waals surface area contributed by atoms with Crippen molar-refractivity contribution >= 4 is 11.8 Å². The van der Waals surface area contributed by atoms with Crippen molar-refractivity contribution in [3.05, 3.63) is 59.5 Å². The average molecular weight is 274 g/mol. The van der Waals surface area contributed by atoms with Crippen molar-refractivity contribution in [3.8, 4) is 0 Å². The SMILES string of the molecule is CC(c1ccccc1F)N(C)c1ncccc1C(=O)O. The summed E-state index contributed by atoms with van der Waals surface area (Å²) in [7, 11) is 1.70. The van der Waals surface area contributed by atoms with Crippen LogP contribution in [-0.4, -0.2) is 23.1 Å². The van der Waals surface area contributed by atoms with E-state index in [1.54, 1.807) is 43.1 Å². The van der Waals surface area contributed by atoms with Crippen molar-refractivity contribution in [2.75, 3.05) is 11.9 Å². The fourth-order valence-electron chi connectivity index (χ4n) is 2.05. The highest BCUT2D eigenvalue weighted by Crippen LogP contribution is 2.27. The molecule has 20 heavy (non-hydrogen) atoms. The first-order valence-corrected chi connectivity index (χ1v) is 6.18. The van der Waals surface area contributed by atoms with Gasteiger partial charge in [-0.3, -0.25) is 0 Å². The van der Waals surface area contributed by atoms with E-state index in [0.717, 1.165) is 0 Å². The highest BCUT2D eigenvalue weighted by Gasteiger charge is 2.21. The largest absolute Gasteiger partial charge is 0.478 e. The first-order valence-electron chi connectivity index (χ1n) is 6.18. The second-order valence-electron chi connectivity index (χ2n) is 4.49. The molecule has 0 amide bonds. The van der Waals surface area contributed by atoms with E-state index in [2.05, 4.69) is 4.98 Å². The van der Waals surface area contributed by atoms with Gasteiger partial charge in [-0.2, -0.15) is 0 Å². The summed E-state index contributed by atoms with van der Waals surface area (Å²) in [4.78, 5) is 17.0. The molecule has 0 aliphatic heterocycles. The molecule has 0 saturated heterocycles. The lowest BCUT2D eigenvalue weighted by atomic mass is 10.1. The van der Waals surface area contributed by atoms with Gasteiger partial charge in [-0.15, -0.1) is 0 Å². The van der Waals surface area contributed by atoms with E-state index in [4.69, 9.17) is 0 Å². The Kier molecular flexibility index (Phi) is 3.98. The van der Waals surface area contributed by atoms with Crippen molar-refractivity contribution in [2.45, 2.75) is 13.0 Å². The summed E-state index contributed by atoms with van der Waals surface area (Å²) in [5, 5.41) is 9.18. The number of hydrogen-bond acceptors (Lipinski definition) is 3. The standard InChI is InChI=1S/C15H15FN2O2/c1-10(11-6-3-4-8-13(11)16)18(2)14-12(15(19)20)7-5-9-17-14/h3-10H,1-2H3,(H,19,20). The normalized spacial score (nSPS) is 11.9. The molecule has 1 aromatic carbocycles. The molecule has 1 heterocycles. The van der Waals surface area contributed by atoms with Crippen molar-refractivity contribution in [1.82, 2.24) is 4.98 Å². The number of nitrogens with zero attached hydrogens (tertiary/aromatic N) is 2. The Morgan fingerprint density at radius 1 is 1.30 bits per heavy atom. The Labute approximate surface area is 116 Å². The smallest absolute Gasteiger partial charge is 0.339 e. The molecule has 0 spiro atoms. The van der Waals surface area contributed by atoms with E-state index >= 15 is 0 Å². The third-order valence-corrected chi connectivity index (χ3v) is 3.29. The van der Waals surface area contributed by atoms with Gasteiger partial charge in [0.2, 0.25) is 0 Å². The van der Waals surface area contributed by atoms with E-state index in [0.29, 0.717) is 11.4 Å². The third kappa shape index (κ3) is 2.61. The first kappa shape index (κ1) is 14.0. The molecule has 0 radical (unpaired) electrons. The van der Waals surface area contributed by atoms with Crippen LogP contribution in [0, 0.1) is 5.82 Å². The average Bonchev–Trinajstić information content (AvgIpc) is 2.46. The van der Waals surface area contributed by atoms with Gasteiger partial charge in [0.1, 0.15) is 17.2 Å². The highest BCUT2D eigenvalue weighted by atomic mass is 19.1. The van der Waals surface area contributed by atoms with Crippen molar-refractivity contribution in [1.29, 1.82) is 0 Å². The summed E-state index contributed by atoms with van der Waals surface area (Å²) >= 11 is 0. The molecule has 0 aliphatic rings. The number of anilines is 1. The second-order valence-corrected chi connectivity index (χ2v) is 4.49. The minimum absolute atomic E-state index is 0.0955. The van der Waals surface area contributed by atoms with Gasteiger partial charge in [-0.05, 0) is 25.1 Å². The lowest BCUT2D eigenvalue weighted by Crippen LogP contribution is -2.25. The van der Waals surface area contributed by atoms with E-state index in [-0.39, 0.29) is 17.4 Å². The number of carbonyl (C=O) groups is 1. The molecule has 5 heteroatoms. The van der Waals surface area contributed by atoms with Crippen LogP contribution in [0.15, 0.2) is 42.6 Å². The maximum absolute atomic E-state index is 13.8. The molecule has 2 rings (SSSR count). The summed E-state index contributed by atoms with van der Waals surface area (Å²) in [6.07, 6.45) is 1.52. The molecule has 0 aliphatic carbocycles. The molecule has 104 valence electrons. The van der Waals surface area contributed by atoms with E-state index in [1.807, 2.05) is 0 Å². The predicted octanol–water partition coefficient (Wildman–Crippen LogP) is 3.12. The Bertz CT molecular complexity index is 631. The summed E-state index contributed by atoms with van der Waals surface area (Å²) in [6.45, 7) is 1.80. The molecule has 2 aromatic rings. The highest BCUT2D eigenvalue weighted by molar-refractivity contribution is 5.93. The number of carboxylic acid groups (broad SMARTS) is 1. The van der Waals surface area contributed by atoms with Crippen molar-refractivity contribution in [2.24, 2.45) is 0 Å². The zero-order valence-electron chi connectivity index (χ0n) is 11.2. The number of aromatic nitrogens is 1. The molecule has 1 N–H and O–H groups in total. The van der Waals surface area contributed by atoms with Crippen LogP contribution in [0.25, 0.3) is 0 Å². The number of rotatable bonds is 4. The minimum atomic E-state index is -1.05. The number of aromatic carboxylic acids is 1. The van der Waals surface area contributed by atoms with Crippen LogP contribution in [0.2, 0.25) is 0 Å². The number of halogens is 1. The Morgan fingerprint density at radius 2 is 2.00 bits per heavy atom. The first-order chi connectivity index (χ1) is 9.52. The van der Waals surface area contributed by atoms with Crippen LogP contribution >= 0.6 is 0 Å². The number of benzene rings is 1. The van der Waals surface area contributed by atoms with Crippen LogP contribution in [0.5, 0.6) is 0 Å². The van der Waals surface area contributed by atoms with Gasteiger partial charge < -0.3 is 10.0 Å². The summed E-state index contributed by atoms with van der Waals surface area (Å²) < 4.78 is 13.8. The molecule has 4 nitrogen and oxygen atoms in total. The van der Waals surface area contributed by atoms with Gasteiger partial charge in [0.25, 0.3) is 0 Å². The Balaban J connectivity index is 2.39. The molecule has 0 fully saturated rings. The summed E-state index contributed by atoms with van der Waals surface area (Å²) in [6, 6.07) is 9.15.